The van der Waals surface area contributed by atoms with Crippen molar-refractivity contribution in [2.75, 3.05) is 11.1 Å². The average Bonchev–Trinajstić information content (AvgIpc) is 3.34. The lowest BCUT2D eigenvalue weighted by Gasteiger charge is -2.06. The number of carbonyl (C=O) groups is 1. The zero-order chi connectivity index (χ0) is 22.0. The molecule has 0 aliphatic heterocycles. The van der Waals surface area contributed by atoms with Gasteiger partial charge in [0.05, 0.1) is 16.5 Å². The van der Waals surface area contributed by atoms with Crippen LogP contribution >= 0.6 is 57.9 Å². The van der Waals surface area contributed by atoms with Gasteiger partial charge in [0.15, 0.2) is 16.1 Å². The summed E-state index contributed by atoms with van der Waals surface area (Å²) in [6.07, 6.45) is 0. The lowest BCUT2D eigenvalue weighted by atomic mass is 10.2. The lowest BCUT2D eigenvalue weighted by molar-refractivity contribution is -0.113. The van der Waals surface area contributed by atoms with Crippen molar-refractivity contribution in [2.45, 2.75) is 5.16 Å². The quantitative estimate of drug-likeness (QED) is 0.308. The van der Waals surface area contributed by atoms with Crippen LogP contribution in [0.15, 0.2) is 53.0 Å². The van der Waals surface area contributed by atoms with Gasteiger partial charge in [-0.1, -0.05) is 58.7 Å². The Labute approximate surface area is 201 Å². The highest BCUT2D eigenvalue weighted by Crippen LogP contribution is 2.31. The van der Waals surface area contributed by atoms with Crippen LogP contribution in [0.5, 0.6) is 0 Å². The Hall–Kier alpha value is -2.10. The summed E-state index contributed by atoms with van der Waals surface area (Å²) < 4.78 is 1.79. The van der Waals surface area contributed by atoms with E-state index in [2.05, 4.69) is 20.5 Å². The van der Waals surface area contributed by atoms with E-state index in [1.165, 1.54) is 23.1 Å². The molecule has 2 aromatic heterocycles. The van der Waals surface area contributed by atoms with Crippen LogP contribution in [0.3, 0.4) is 0 Å². The Balaban J connectivity index is 1.38. The number of nitrogens with one attached hydrogen (secondary N) is 1. The second-order valence-electron chi connectivity index (χ2n) is 6.37. The summed E-state index contributed by atoms with van der Waals surface area (Å²) in [5, 5.41) is 15.9. The fraction of sp³-hybridized carbons (Fsp3) is 0.100. The predicted octanol–water partition coefficient (Wildman–Crippen LogP) is 6.30. The molecule has 2 aromatic carbocycles. The van der Waals surface area contributed by atoms with Crippen LogP contribution in [0, 0.1) is 0 Å². The zero-order valence-electron chi connectivity index (χ0n) is 16.0. The van der Waals surface area contributed by atoms with Crippen LogP contribution in [-0.4, -0.2) is 31.4 Å². The number of amides is 1. The minimum Gasteiger partial charge on any atom is -0.305 e. The molecule has 0 saturated carbocycles. The molecule has 0 unspecified atom stereocenters. The monoisotopic (exact) mass is 509 g/mol. The van der Waals surface area contributed by atoms with E-state index in [4.69, 9.17) is 34.8 Å². The second kappa shape index (κ2) is 9.58. The molecule has 4 aromatic rings. The van der Waals surface area contributed by atoms with Crippen LogP contribution < -0.4 is 5.32 Å². The molecule has 0 bridgehead atoms. The van der Waals surface area contributed by atoms with Crippen LogP contribution in [0.2, 0.25) is 15.1 Å². The first-order valence-electron chi connectivity index (χ1n) is 8.89. The minimum absolute atomic E-state index is 0.163. The first-order chi connectivity index (χ1) is 14.9. The number of hydrogen-bond donors (Lipinski definition) is 1. The third-order valence-corrected chi connectivity index (χ3v) is 6.81. The molecule has 0 spiro atoms. The molecule has 0 atom stereocenters. The molecule has 0 aliphatic rings. The standard InChI is InChI=1S/C20H14Cl3N5OS2/c1-28-18(14-7-6-13(22)8-15(14)23)26-27-20(28)31-10-17(29)25-19-24-16(9-30-19)11-2-4-12(21)5-3-11/h2-9H,10H2,1H3,(H,24,25,29). The summed E-state index contributed by atoms with van der Waals surface area (Å²) in [6.45, 7) is 0. The van der Waals surface area contributed by atoms with Crippen molar-refractivity contribution in [3.8, 4) is 22.6 Å². The van der Waals surface area contributed by atoms with E-state index in [1.807, 2.05) is 24.6 Å². The second-order valence-corrected chi connectivity index (χ2v) is 9.45. The number of thiazole rings is 1. The van der Waals surface area contributed by atoms with Crippen molar-refractivity contribution in [1.82, 2.24) is 19.7 Å². The maximum Gasteiger partial charge on any atom is 0.236 e. The summed E-state index contributed by atoms with van der Waals surface area (Å²) in [6, 6.07) is 12.6. The number of benzene rings is 2. The van der Waals surface area contributed by atoms with E-state index in [9.17, 15) is 4.79 Å². The fourth-order valence-corrected chi connectivity index (χ4v) is 4.78. The van der Waals surface area contributed by atoms with Gasteiger partial charge in [-0.2, -0.15) is 0 Å². The molecular weight excluding hydrogens is 497 g/mol. The highest BCUT2D eigenvalue weighted by molar-refractivity contribution is 7.99. The predicted molar refractivity (Wildman–Crippen MR) is 128 cm³/mol. The van der Waals surface area contributed by atoms with Gasteiger partial charge in [-0.3, -0.25) is 4.79 Å². The van der Waals surface area contributed by atoms with Crippen molar-refractivity contribution in [3.05, 3.63) is 62.9 Å². The van der Waals surface area contributed by atoms with Crippen molar-refractivity contribution in [3.63, 3.8) is 0 Å². The molecule has 158 valence electrons. The Morgan fingerprint density at radius 3 is 2.58 bits per heavy atom. The first kappa shape index (κ1) is 22.1. The number of carbonyl (C=O) groups excluding carboxylic acids is 1. The van der Waals surface area contributed by atoms with Gasteiger partial charge in [0, 0.05) is 33.6 Å². The van der Waals surface area contributed by atoms with Crippen molar-refractivity contribution >= 4 is 68.9 Å². The zero-order valence-corrected chi connectivity index (χ0v) is 19.9. The molecule has 31 heavy (non-hydrogen) atoms. The molecular formula is C20H14Cl3N5OS2. The SMILES string of the molecule is Cn1c(SCC(=O)Nc2nc(-c3ccc(Cl)cc3)cs2)nnc1-c1ccc(Cl)cc1Cl. The molecule has 0 aliphatic carbocycles. The van der Waals surface area contributed by atoms with E-state index in [0.29, 0.717) is 31.2 Å². The van der Waals surface area contributed by atoms with Crippen molar-refractivity contribution < 1.29 is 4.79 Å². The maximum absolute atomic E-state index is 12.4. The van der Waals surface area contributed by atoms with E-state index in [0.717, 1.165) is 16.8 Å². The topological polar surface area (TPSA) is 72.7 Å². The van der Waals surface area contributed by atoms with E-state index in [1.54, 1.807) is 34.9 Å². The summed E-state index contributed by atoms with van der Waals surface area (Å²) in [5.74, 6) is 0.573. The van der Waals surface area contributed by atoms with E-state index in [-0.39, 0.29) is 11.7 Å². The summed E-state index contributed by atoms with van der Waals surface area (Å²) in [5.41, 5.74) is 2.43. The third-order valence-electron chi connectivity index (χ3n) is 4.23. The fourth-order valence-electron chi connectivity index (χ4n) is 2.72. The Kier molecular flexibility index (Phi) is 6.83. The molecule has 0 radical (unpaired) electrons. The number of thioether (sulfide) groups is 1. The number of rotatable bonds is 6. The van der Waals surface area contributed by atoms with Gasteiger partial charge in [-0.15, -0.1) is 21.5 Å². The normalized spacial score (nSPS) is 11.0. The van der Waals surface area contributed by atoms with Crippen molar-refractivity contribution in [2.24, 2.45) is 7.05 Å². The summed E-state index contributed by atoms with van der Waals surface area (Å²) in [4.78, 5) is 16.8. The molecule has 2 heterocycles. The van der Waals surface area contributed by atoms with E-state index >= 15 is 0 Å². The minimum atomic E-state index is -0.184. The highest BCUT2D eigenvalue weighted by atomic mass is 35.5. The highest BCUT2D eigenvalue weighted by Gasteiger charge is 2.16. The number of hydrogen-bond acceptors (Lipinski definition) is 6. The Morgan fingerprint density at radius 1 is 1.10 bits per heavy atom. The Morgan fingerprint density at radius 2 is 1.84 bits per heavy atom. The van der Waals surface area contributed by atoms with Crippen LogP contribution in [-0.2, 0) is 11.8 Å². The maximum atomic E-state index is 12.4. The number of halogens is 3. The average molecular weight is 511 g/mol. The van der Waals surface area contributed by atoms with Crippen molar-refractivity contribution in [1.29, 1.82) is 0 Å². The molecule has 0 fully saturated rings. The number of aromatic nitrogens is 4. The molecule has 0 saturated heterocycles. The lowest BCUT2D eigenvalue weighted by Crippen LogP contribution is -2.14. The van der Waals surface area contributed by atoms with E-state index < -0.39 is 0 Å². The first-order valence-corrected chi connectivity index (χ1v) is 11.9. The molecule has 6 nitrogen and oxygen atoms in total. The third kappa shape index (κ3) is 5.22. The Bertz CT molecular complexity index is 1240. The molecule has 1 N–H and O–H groups in total. The number of nitrogens with zero attached hydrogens (tertiary/aromatic N) is 4. The van der Waals surface area contributed by atoms with Crippen LogP contribution in [0.1, 0.15) is 0 Å². The molecule has 1 amide bonds. The molecule has 11 heteroatoms. The summed E-state index contributed by atoms with van der Waals surface area (Å²) >= 11 is 20.8. The largest absolute Gasteiger partial charge is 0.305 e. The molecule has 4 rings (SSSR count). The van der Waals surface area contributed by atoms with Gasteiger partial charge in [-0.05, 0) is 30.3 Å². The smallest absolute Gasteiger partial charge is 0.236 e. The summed E-state index contributed by atoms with van der Waals surface area (Å²) in [7, 11) is 1.82. The van der Waals surface area contributed by atoms with Gasteiger partial charge in [0.25, 0.3) is 0 Å². The van der Waals surface area contributed by atoms with Gasteiger partial charge in [-0.25, -0.2) is 4.98 Å². The van der Waals surface area contributed by atoms with Crippen LogP contribution in [0.25, 0.3) is 22.6 Å². The van der Waals surface area contributed by atoms with Gasteiger partial charge < -0.3 is 9.88 Å². The van der Waals surface area contributed by atoms with Gasteiger partial charge >= 0.3 is 0 Å². The van der Waals surface area contributed by atoms with Gasteiger partial charge in [0.1, 0.15) is 0 Å². The van der Waals surface area contributed by atoms with Gasteiger partial charge in [0.2, 0.25) is 5.91 Å². The van der Waals surface area contributed by atoms with Crippen LogP contribution in [0.4, 0.5) is 5.13 Å². The number of anilines is 1.